The van der Waals surface area contributed by atoms with Crippen LogP contribution in [0.4, 0.5) is 5.69 Å². The molecule has 0 atom stereocenters. The molecule has 3 aromatic heterocycles. The van der Waals surface area contributed by atoms with Crippen molar-refractivity contribution in [2.75, 3.05) is 5.32 Å². The summed E-state index contributed by atoms with van der Waals surface area (Å²) in [5.74, 6) is -0.808. The van der Waals surface area contributed by atoms with Crippen LogP contribution < -0.4 is 10.8 Å². The Balaban J connectivity index is 1.73. The number of hydrogen-bond acceptors (Lipinski definition) is 6. The predicted octanol–water partition coefficient (Wildman–Crippen LogP) is 2.58. The molecule has 3 N–H and O–H groups in total. The van der Waals surface area contributed by atoms with Gasteiger partial charge in [0.2, 0.25) is 0 Å². The molecule has 3 aromatic rings. The minimum atomic E-state index is -0.563. The van der Waals surface area contributed by atoms with E-state index in [4.69, 9.17) is 5.21 Å². The Bertz CT molecular complexity index is 863. The quantitative estimate of drug-likeness (QED) is 0.500. The van der Waals surface area contributed by atoms with Crippen LogP contribution in [-0.4, -0.2) is 27.0 Å². The second kappa shape index (κ2) is 6.99. The van der Waals surface area contributed by atoms with E-state index < -0.39 is 5.91 Å². The van der Waals surface area contributed by atoms with Crippen LogP contribution in [0.3, 0.4) is 0 Å². The van der Waals surface area contributed by atoms with Crippen LogP contribution in [0.2, 0.25) is 0 Å². The average molecular weight is 340 g/mol. The SMILES string of the molecule is O=C(Nc1ccc(-c2ccc(C(=O)NO)s2)nc1)c1ccncc1. The number of carbonyl (C=O) groups is 2. The van der Waals surface area contributed by atoms with Crippen molar-refractivity contribution >= 4 is 28.8 Å². The van der Waals surface area contributed by atoms with Crippen molar-refractivity contribution in [2.24, 2.45) is 0 Å². The zero-order chi connectivity index (χ0) is 16.9. The van der Waals surface area contributed by atoms with Gasteiger partial charge in [0.15, 0.2) is 0 Å². The number of rotatable bonds is 4. The second-order valence-electron chi connectivity index (χ2n) is 4.73. The van der Waals surface area contributed by atoms with E-state index >= 15 is 0 Å². The lowest BCUT2D eigenvalue weighted by Crippen LogP contribution is -2.16. The normalized spacial score (nSPS) is 10.2. The number of anilines is 1. The Morgan fingerprint density at radius 1 is 1.00 bits per heavy atom. The monoisotopic (exact) mass is 340 g/mol. The Morgan fingerprint density at radius 2 is 1.79 bits per heavy atom. The number of pyridine rings is 2. The van der Waals surface area contributed by atoms with E-state index in [1.54, 1.807) is 60.5 Å². The largest absolute Gasteiger partial charge is 0.321 e. The van der Waals surface area contributed by atoms with Gasteiger partial charge in [0, 0.05) is 18.0 Å². The van der Waals surface area contributed by atoms with Gasteiger partial charge in [0.25, 0.3) is 11.8 Å². The average Bonchev–Trinajstić information content (AvgIpc) is 3.12. The Labute approximate surface area is 141 Å². The molecule has 0 unspecified atom stereocenters. The van der Waals surface area contributed by atoms with Gasteiger partial charge >= 0.3 is 0 Å². The van der Waals surface area contributed by atoms with E-state index in [9.17, 15) is 9.59 Å². The zero-order valence-corrected chi connectivity index (χ0v) is 13.1. The van der Waals surface area contributed by atoms with Gasteiger partial charge in [-0.25, -0.2) is 5.48 Å². The third kappa shape index (κ3) is 3.45. The molecule has 0 spiro atoms. The zero-order valence-electron chi connectivity index (χ0n) is 12.3. The molecular weight excluding hydrogens is 328 g/mol. The van der Waals surface area contributed by atoms with Crippen molar-refractivity contribution in [3.05, 3.63) is 65.4 Å². The topological polar surface area (TPSA) is 104 Å². The molecule has 0 fully saturated rings. The Kier molecular flexibility index (Phi) is 4.59. The van der Waals surface area contributed by atoms with Crippen molar-refractivity contribution in [1.29, 1.82) is 0 Å². The summed E-state index contributed by atoms with van der Waals surface area (Å²) in [6.45, 7) is 0. The van der Waals surface area contributed by atoms with E-state index in [0.29, 0.717) is 21.8 Å². The molecule has 0 aliphatic carbocycles. The standard InChI is InChI=1S/C16H12N4O3S/c21-15(10-5-7-17-8-6-10)19-11-1-2-12(18-9-11)13-3-4-14(24-13)16(22)20-23/h1-9,23H,(H,19,21)(H,20,22). The van der Waals surface area contributed by atoms with Crippen molar-refractivity contribution in [2.45, 2.75) is 0 Å². The lowest BCUT2D eigenvalue weighted by atomic mass is 10.2. The Morgan fingerprint density at radius 3 is 2.46 bits per heavy atom. The van der Waals surface area contributed by atoms with Gasteiger partial charge in [-0.1, -0.05) is 0 Å². The molecule has 7 nitrogen and oxygen atoms in total. The summed E-state index contributed by atoms with van der Waals surface area (Å²) in [5.41, 5.74) is 3.32. The third-order valence-electron chi connectivity index (χ3n) is 3.15. The molecular formula is C16H12N4O3S. The number of carbonyl (C=O) groups excluding carboxylic acids is 2. The lowest BCUT2D eigenvalue weighted by molar-refractivity contribution is 0.0711. The third-order valence-corrected chi connectivity index (χ3v) is 4.25. The van der Waals surface area contributed by atoms with Crippen LogP contribution in [0.15, 0.2) is 55.0 Å². The highest BCUT2D eigenvalue weighted by molar-refractivity contribution is 7.17. The minimum Gasteiger partial charge on any atom is -0.321 e. The molecule has 120 valence electrons. The first-order chi connectivity index (χ1) is 11.7. The highest BCUT2D eigenvalue weighted by Gasteiger charge is 2.11. The summed E-state index contributed by atoms with van der Waals surface area (Å²) < 4.78 is 0. The van der Waals surface area contributed by atoms with Crippen molar-refractivity contribution < 1.29 is 14.8 Å². The summed E-state index contributed by atoms with van der Waals surface area (Å²) in [6, 6.07) is 10.1. The van der Waals surface area contributed by atoms with E-state index in [1.807, 2.05) is 0 Å². The summed E-state index contributed by atoms with van der Waals surface area (Å²) in [7, 11) is 0. The smallest absolute Gasteiger partial charge is 0.284 e. The first-order valence-electron chi connectivity index (χ1n) is 6.89. The number of nitrogens with zero attached hydrogens (tertiary/aromatic N) is 2. The van der Waals surface area contributed by atoms with Crippen LogP contribution in [0.5, 0.6) is 0 Å². The van der Waals surface area contributed by atoms with Crippen molar-refractivity contribution in [3.8, 4) is 10.6 Å². The van der Waals surface area contributed by atoms with Gasteiger partial charge in [-0.3, -0.25) is 24.8 Å². The van der Waals surface area contributed by atoms with Gasteiger partial charge in [-0.05, 0) is 36.4 Å². The predicted molar refractivity (Wildman–Crippen MR) is 89.0 cm³/mol. The molecule has 8 heteroatoms. The minimum absolute atomic E-state index is 0.245. The maximum absolute atomic E-state index is 12.0. The molecule has 24 heavy (non-hydrogen) atoms. The molecule has 0 bridgehead atoms. The molecule has 3 heterocycles. The molecule has 0 saturated heterocycles. The first kappa shape index (κ1) is 15.8. The number of amides is 2. The summed E-state index contributed by atoms with van der Waals surface area (Å²) in [6.07, 6.45) is 4.64. The van der Waals surface area contributed by atoms with Gasteiger partial charge in [0.05, 0.1) is 27.3 Å². The van der Waals surface area contributed by atoms with Crippen LogP contribution >= 0.6 is 11.3 Å². The van der Waals surface area contributed by atoms with Crippen LogP contribution in [0.25, 0.3) is 10.6 Å². The lowest BCUT2D eigenvalue weighted by Gasteiger charge is -2.05. The number of hydroxylamine groups is 1. The molecule has 0 aliphatic rings. The fourth-order valence-corrected chi connectivity index (χ4v) is 2.85. The van der Waals surface area contributed by atoms with Crippen LogP contribution in [-0.2, 0) is 0 Å². The number of thiophene rings is 1. The maximum atomic E-state index is 12.0. The molecule has 0 aromatic carbocycles. The molecule has 0 radical (unpaired) electrons. The summed E-state index contributed by atoms with van der Waals surface area (Å²) >= 11 is 1.21. The first-order valence-corrected chi connectivity index (χ1v) is 7.71. The van der Waals surface area contributed by atoms with Gasteiger partial charge in [0.1, 0.15) is 0 Å². The number of hydrogen-bond donors (Lipinski definition) is 3. The van der Waals surface area contributed by atoms with Crippen LogP contribution in [0.1, 0.15) is 20.0 Å². The second-order valence-corrected chi connectivity index (χ2v) is 5.81. The van der Waals surface area contributed by atoms with E-state index in [0.717, 1.165) is 4.88 Å². The fourth-order valence-electron chi connectivity index (χ4n) is 1.97. The van der Waals surface area contributed by atoms with Crippen molar-refractivity contribution in [1.82, 2.24) is 15.4 Å². The van der Waals surface area contributed by atoms with Gasteiger partial charge in [-0.2, -0.15) is 0 Å². The fraction of sp³-hybridized carbons (Fsp3) is 0. The van der Waals surface area contributed by atoms with Crippen molar-refractivity contribution in [3.63, 3.8) is 0 Å². The highest BCUT2D eigenvalue weighted by atomic mass is 32.1. The number of nitrogens with one attached hydrogen (secondary N) is 2. The van der Waals surface area contributed by atoms with E-state index in [2.05, 4.69) is 15.3 Å². The van der Waals surface area contributed by atoms with Crippen LogP contribution in [0, 0.1) is 0 Å². The van der Waals surface area contributed by atoms with E-state index in [-0.39, 0.29) is 5.91 Å². The highest BCUT2D eigenvalue weighted by Crippen LogP contribution is 2.27. The summed E-state index contributed by atoms with van der Waals surface area (Å²) in [5, 5.41) is 11.4. The number of aromatic nitrogens is 2. The molecule has 2 amide bonds. The summed E-state index contributed by atoms with van der Waals surface area (Å²) in [4.78, 5) is 32.7. The van der Waals surface area contributed by atoms with E-state index in [1.165, 1.54) is 11.3 Å². The van der Waals surface area contributed by atoms with Gasteiger partial charge in [-0.15, -0.1) is 11.3 Å². The Hall–Kier alpha value is -3.10. The van der Waals surface area contributed by atoms with Gasteiger partial charge < -0.3 is 5.32 Å². The molecule has 3 rings (SSSR count). The maximum Gasteiger partial charge on any atom is 0.284 e. The molecule has 0 saturated carbocycles. The molecule has 0 aliphatic heterocycles.